The summed E-state index contributed by atoms with van der Waals surface area (Å²) in [5.41, 5.74) is 18.7. The Labute approximate surface area is 241 Å². The summed E-state index contributed by atoms with van der Waals surface area (Å²) in [6.45, 7) is 3.80. The van der Waals surface area contributed by atoms with Gasteiger partial charge in [0.25, 0.3) is 0 Å². The number of carboxylic acids is 1. The second-order valence-corrected chi connectivity index (χ2v) is 11.0. The summed E-state index contributed by atoms with van der Waals surface area (Å²) in [5.74, 6) is -3.00. The van der Waals surface area contributed by atoms with Crippen molar-refractivity contribution < 1.29 is 24.3 Å². The van der Waals surface area contributed by atoms with Crippen molar-refractivity contribution in [3.05, 3.63) is 71.8 Å². The number of benzene rings is 2. The molecule has 0 aliphatic carbocycles. The van der Waals surface area contributed by atoms with Crippen molar-refractivity contribution in [2.24, 2.45) is 17.2 Å². The molecule has 0 saturated heterocycles. The molecule has 11 heteroatoms. The molecule has 0 unspecified atom stereocenters. The molecule has 0 aromatic heterocycles. The van der Waals surface area contributed by atoms with Crippen LogP contribution in [0.5, 0.6) is 0 Å². The summed E-state index contributed by atoms with van der Waals surface area (Å²) in [4.78, 5) is 51.6. The van der Waals surface area contributed by atoms with E-state index in [-0.39, 0.29) is 25.7 Å². The van der Waals surface area contributed by atoms with E-state index in [0.29, 0.717) is 19.4 Å². The third-order valence-corrected chi connectivity index (χ3v) is 6.48. The van der Waals surface area contributed by atoms with Crippen LogP contribution in [0.4, 0.5) is 0 Å². The normalized spacial score (nSPS) is 14.3. The van der Waals surface area contributed by atoms with Crippen molar-refractivity contribution in [1.82, 2.24) is 16.0 Å². The number of hydrogen-bond donors (Lipinski definition) is 7. The molecule has 2 aromatic rings. The summed E-state index contributed by atoms with van der Waals surface area (Å²) >= 11 is 0. The number of hydrogen-bond acceptors (Lipinski definition) is 7. The quantitative estimate of drug-likeness (QED) is 0.134. The monoisotopic (exact) mass is 568 g/mol. The lowest BCUT2D eigenvalue weighted by atomic mass is 9.95. The Bertz CT molecular complexity index is 1120. The van der Waals surface area contributed by atoms with Gasteiger partial charge < -0.3 is 38.3 Å². The molecule has 0 heterocycles. The molecule has 0 aliphatic rings. The molecule has 0 fully saturated rings. The largest absolute Gasteiger partial charge is 0.480 e. The number of amides is 3. The number of aliphatic carboxylic acids is 1. The van der Waals surface area contributed by atoms with Crippen LogP contribution in [0.15, 0.2) is 60.7 Å². The maximum Gasteiger partial charge on any atom is 0.326 e. The van der Waals surface area contributed by atoms with E-state index in [1.165, 1.54) is 0 Å². The highest BCUT2D eigenvalue weighted by Crippen LogP contribution is 2.12. The van der Waals surface area contributed by atoms with E-state index in [0.717, 1.165) is 11.1 Å². The predicted molar refractivity (Wildman–Crippen MR) is 157 cm³/mol. The molecule has 10 N–H and O–H groups in total. The highest BCUT2D eigenvalue weighted by molar-refractivity contribution is 5.94. The van der Waals surface area contributed by atoms with Crippen molar-refractivity contribution in [3.63, 3.8) is 0 Å². The van der Waals surface area contributed by atoms with Gasteiger partial charge in [-0.15, -0.1) is 0 Å². The van der Waals surface area contributed by atoms with Crippen LogP contribution in [-0.4, -0.2) is 65.0 Å². The molecule has 3 amide bonds. The van der Waals surface area contributed by atoms with Gasteiger partial charge in [-0.05, 0) is 63.6 Å². The number of carboxylic acid groups (broad SMARTS) is 1. The van der Waals surface area contributed by atoms with E-state index in [1.807, 2.05) is 60.7 Å². The zero-order chi connectivity index (χ0) is 30.4. The Morgan fingerprint density at radius 1 is 0.756 bits per heavy atom. The van der Waals surface area contributed by atoms with Crippen LogP contribution in [-0.2, 0) is 32.0 Å². The Morgan fingerprint density at radius 3 is 1.76 bits per heavy atom. The van der Waals surface area contributed by atoms with Crippen LogP contribution in [0.2, 0.25) is 0 Å². The Hall–Kier alpha value is -3.80. The Morgan fingerprint density at radius 2 is 1.24 bits per heavy atom. The maximum absolute atomic E-state index is 13.6. The predicted octanol–water partition coefficient (Wildman–Crippen LogP) is 0.595. The van der Waals surface area contributed by atoms with Gasteiger partial charge in [-0.2, -0.15) is 0 Å². The molecule has 11 nitrogen and oxygen atoms in total. The van der Waals surface area contributed by atoms with E-state index in [2.05, 4.69) is 16.0 Å². The third kappa shape index (κ3) is 12.5. The molecular formula is C30H44N6O5. The second-order valence-electron chi connectivity index (χ2n) is 11.0. The average molecular weight is 569 g/mol. The fourth-order valence-corrected chi connectivity index (χ4v) is 4.33. The lowest BCUT2D eigenvalue weighted by Crippen LogP contribution is -2.59. The second kappa shape index (κ2) is 16.5. The molecule has 0 saturated carbocycles. The van der Waals surface area contributed by atoms with E-state index in [4.69, 9.17) is 17.2 Å². The summed E-state index contributed by atoms with van der Waals surface area (Å²) < 4.78 is 0. The minimum absolute atomic E-state index is 0.0270. The van der Waals surface area contributed by atoms with Gasteiger partial charge in [-0.3, -0.25) is 14.4 Å². The van der Waals surface area contributed by atoms with Gasteiger partial charge in [0.1, 0.15) is 18.1 Å². The first-order valence-electron chi connectivity index (χ1n) is 13.9. The van der Waals surface area contributed by atoms with Crippen molar-refractivity contribution >= 4 is 23.7 Å². The molecule has 2 rings (SSSR count). The van der Waals surface area contributed by atoms with E-state index < -0.39 is 53.4 Å². The number of carbonyl (C=O) groups excluding carboxylic acids is 3. The fraction of sp³-hybridized carbons (Fsp3) is 0.467. The van der Waals surface area contributed by atoms with Gasteiger partial charge >= 0.3 is 5.97 Å². The number of unbranched alkanes of at least 4 members (excludes halogenated alkanes) is 1. The zero-order valence-corrected chi connectivity index (χ0v) is 23.8. The van der Waals surface area contributed by atoms with Gasteiger partial charge in [0.2, 0.25) is 17.7 Å². The topological polar surface area (TPSA) is 203 Å². The van der Waals surface area contributed by atoms with E-state index in [1.54, 1.807) is 13.8 Å². The SMILES string of the molecule is CC(C)(N)C[C@@H](NC(=O)[C@@H](Cc1ccccc1)NC(=O)[C@H](N)Cc1ccccc1)C(=O)N[C@H](CCCCN)C(=O)O. The fourth-order valence-electron chi connectivity index (χ4n) is 4.33. The summed E-state index contributed by atoms with van der Waals surface area (Å²) in [6, 6.07) is 14.1. The number of nitrogens with one attached hydrogen (secondary N) is 3. The van der Waals surface area contributed by atoms with E-state index >= 15 is 0 Å². The standard InChI is InChI=1S/C30H44N6O5/c1-30(2,33)19-25(28(39)34-23(29(40)41)15-9-10-16-31)36-27(38)24(18-21-13-7-4-8-14-21)35-26(37)22(32)17-20-11-5-3-6-12-20/h3-8,11-14,22-25H,9-10,15-19,31-33H2,1-2H3,(H,34,39)(H,35,37)(H,36,38)(H,40,41)/t22-,23-,24-,25-/m1/s1. The third-order valence-electron chi connectivity index (χ3n) is 6.48. The van der Waals surface area contributed by atoms with Crippen molar-refractivity contribution in [1.29, 1.82) is 0 Å². The molecule has 4 atom stereocenters. The van der Waals surface area contributed by atoms with Crippen LogP contribution < -0.4 is 33.2 Å². The minimum Gasteiger partial charge on any atom is -0.480 e. The molecular weight excluding hydrogens is 524 g/mol. The lowest BCUT2D eigenvalue weighted by molar-refractivity contribution is -0.142. The molecule has 0 radical (unpaired) electrons. The van der Waals surface area contributed by atoms with Gasteiger partial charge in [0, 0.05) is 12.0 Å². The van der Waals surface area contributed by atoms with E-state index in [9.17, 15) is 24.3 Å². The minimum atomic E-state index is -1.19. The van der Waals surface area contributed by atoms with Crippen molar-refractivity contribution in [3.8, 4) is 0 Å². The van der Waals surface area contributed by atoms with Crippen LogP contribution in [0.25, 0.3) is 0 Å². The first kappa shape index (κ1) is 33.4. The van der Waals surface area contributed by atoms with Crippen LogP contribution in [0, 0.1) is 0 Å². The average Bonchev–Trinajstić information content (AvgIpc) is 2.92. The highest BCUT2D eigenvalue weighted by Gasteiger charge is 2.33. The number of carbonyl (C=O) groups is 4. The molecule has 0 bridgehead atoms. The van der Waals surface area contributed by atoms with Gasteiger partial charge in [0.05, 0.1) is 6.04 Å². The molecule has 0 aliphatic heterocycles. The highest BCUT2D eigenvalue weighted by atomic mass is 16.4. The summed E-state index contributed by atoms with van der Waals surface area (Å²) in [5, 5.41) is 17.6. The maximum atomic E-state index is 13.6. The first-order valence-corrected chi connectivity index (χ1v) is 13.9. The number of nitrogens with two attached hydrogens (primary N) is 3. The molecule has 224 valence electrons. The van der Waals surface area contributed by atoms with Gasteiger partial charge in [-0.1, -0.05) is 60.7 Å². The Balaban J connectivity index is 2.22. The summed E-state index contributed by atoms with van der Waals surface area (Å²) in [7, 11) is 0. The zero-order valence-electron chi connectivity index (χ0n) is 23.8. The van der Waals surface area contributed by atoms with Crippen molar-refractivity contribution in [2.75, 3.05) is 6.54 Å². The molecule has 41 heavy (non-hydrogen) atoms. The first-order chi connectivity index (χ1) is 19.4. The van der Waals surface area contributed by atoms with Gasteiger partial charge in [-0.25, -0.2) is 4.79 Å². The van der Waals surface area contributed by atoms with Crippen LogP contribution >= 0.6 is 0 Å². The lowest BCUT2D eigenvalue weighted by Gasteiger charge is -2.29. The number of rotatable bonds is 17. The van der Waals surface area contributed by atoms with Gasteiger partial charge in [0.15, 0.2) is 0 Å². The van der Waals surface area contributed by atoms with Crippen molar-refractivity contribution in [2.45, 2.75) is 82.1 Å². The smallest absolute Gasteiger partial charge is 0.326 e. The molecule has 2 aromatic carbocycles. The van der Waals surface area contributed by atoms with Crippen LogP contribution in [0.1, 0.15) is 50.7 Å². The van der Waals surface area contributed by atoms with Crippen LogP contribution in [0.3, 0.4) is 0 Å². The summed E-state index contributed by atoms with van der Waals surface area (Å²) in [6.07, 6.45) is 1.77. The molecule has 0 spiro atoms. The Kier molecular flexibility index (Phi) is 13.4.